The summed E-state index contributed by atoms with van der Waals surface area (Å²) in [5, 5.41) is 0. The zero-order valence-corrected chi connectivity index (χ0v) is 13.9. The number of Topliss-reactive ketones (excluding diaryl/α,β-unsaturated/α-hetero) is 1. The van der Waals surface area contributed by atoms with E-state index in [1.807, 2.05) is 42.5 Å². The van der Waals surface area contributed by atoms with E-state index in [-0.39, 0.29) is 5.78 Å². The Morgan fingerprint density at radius 1 is 0.957 bits per heavy atom. The van der Waals surface area contributed by atoms with Gasteiger partial charge in [0.2, 0.25) is 11.5 Å². The lowest BCUT2D eigenvalue weighted by molar-refractivity contribution is 0.104. The van der Waals surface area contributed by atoms with Crippen LogP contribution >= 0.6 is 11.8 Å². The van der Waals surface area contributed by atoms with Gasteiger partial charge in [-0.2, -0.15) is 0 Å². The summed E-state index contributed by atoms with van der Waals surface area (Å²) in [5.41, 5.74) is 1.57. The molecule has 0 saturated carbocycles. The van der Waals surface area contributed by atoms with Crippen LogP contribution in [0.3, 0.4) is 0 Å². The quantitative estimate of drug-likeness (QED) is 0.793. The van der Waals surface area contributed by atoms with Gasteiger partial charge in [-0.3, -0.25) is 4.79 Å². The molecule has 5 heteroatoms. The average Bonchev–Trinajstić information content (AvgIpc) is 2.90. The number of allylic oxidation sites excluding steroid dienone is 1. The highest BCUT2D eigenvalue weighted by molar-refractivity contribution is 8.04. The van der Waals surface area contributed by atoms with Gasteiger partial charge in [-0.25, -0.2) is 0 Å². The Hall–Kier alpha value is -2.40. The summed E-state index contributed by atoms with van der Waals surface area (Å²) >= 11 is 1.47. The Bertz CT molecular complexity index is 770. The van der Waals surface area contributed by atoms with E-state index in [1.54, 1.807) is 21.3 Å². The lowest BCUT2D eigenvalue weighted by Crippen LogP contribution is -1.97. The number of fused-ring (bicyclic) bond motifs is 1. The fourth-order valence-corrected chi connectivity index (χ4v) is 3.52. The van der Waals surface area contributed by atoms with Crippen LogP contribution in [0.5, 0.6) is 17.2 Å². The summed E-state index contributed by atoms with van der Waals surface area (Å²) in [4.78, 5) is 14.1. The number of ketones is 1. The van der Waals surface area contributed by atoms with Gasteiger partial charge in [0.1, 0.15) is 0 Å². The second-order valence-electron chi connectivity index (χ2n) is 4.89. The van der Waals surface area contributed by atoms with E-state index in [2.05, 4.69) is 0 Å². The molecule has 0 aliphatic carbocycles. The van der Waals surface area contributed by atoms with E-state index in [1.165, 1.54) is 11.8 Å². The normalized spacial score (nSPS) is 14.7. The minimum Gasteiger partial charge on any atom is -0.493 e. The third kappa shape index (κ3) is 2.80. The van der Waals surface area contributed by atoms with Gasteiger partial charge >= 0.3 is 0 Å². The molecule has 0 N–H and O–H groups in total. The summed E-state index contributed by atoms with van der Waals surface area (Å²) in [6, 6.07) is 11.3. The van der Waals surface area contributed by atoms with Crippen molar-refractivity contribution in [1.82, 2.24) is 0 Å². The molecule has 1 aliphatic heterocycles. The Morgan fingerprint density at radius 2 is 1.61 bits per heavy atom. The molecule has 0 radical (unpaired) electrons. The molecule has 2 aromatic rings. The zero-order valence-electron chi connectivity index (χ0n) is 13.1. The molecule has 23 heavy (non-hydrogen) atoms. The molecule has 4 nitrogen and oxygen atoms in total. The number of ether oxygens (including phenoxy) is 3. The van der Waals surface area contributed by atoms with Crippen LogP contribution in [0.25, 0.3) is 6.08 Å². The van der Waals surface area contributed by atoms with Crippen molar-refractivity contribution >= 4 is 23.6 Å². The van der Waals surface area contributed by atoms with Crippen molar-refractivity contribution in [2.45, 2.75) is 4.90 Å². The number of carbonyl (C=O) groups excluding carboxylic acids is 1. The van der Waals surface area contributed by atoms with Crippen LogP contribution in [-0.4, -0.2) is 27.1 Å². The van der Waals surface area contributed by atoms with Gasteiger partial charge in [0.25, 0.3) is 0 Å². The minimum absolute atomic E-state index is 0.0411. The molecule has 1 heterocycles. The maximum atomic E-state index is 12.5. The van der Waals surface area contributed by atoms with E-state index < -0.39 is 0 Å². The number of carbonyl (C=O) groups is 1. The molecule has 118 valence electrons. The fourth-order valence-electron chi connectivity index (χ4n) is 2.47. The first-order valence-corrected chi connectivity index (χ1v) is 7.83. The van der Waals surface area contributed by atoms with Gasteiger partial charge in [0, 0.05) is 10.5 Å². The van der Waals surface area contributed by atoms with Crippen LogP contribution in [0.2, 0.25) is 0 Å². The largest absolute Gasteiger partial charge is 0.493 e. The summed E-state index contributed by atoms with van der Waals surface area (Å²) in [5.74, 6) is 1.70. The molecule has 0 bridgehead atoms. The Morgan fingerprint density at radius 3 is 2.17 bits per heavy atom. The molecule has 1 aliphatic rings. The van der Waals surface area contributed by atoms with Gasteiger partial charge in [-0.05, 0) is 35.9 Å². The van der Waals surface area contributed by atoms with Crippen LogP contribution in [0.1, 0.15) is 15.9 Å². The average molecular weight is 328 g/mol. The van der Waals surface area contributed by atoms with E-state index in [0.717, 1.165) is 16.0 Å². The molecule has 0 fully saturated rings. The van der Waals surface area contributed by atoms with E-state index >= 15 is 0 Å². The van der Waals surface area contributed by atoms with Crippen LogP contribution in [-0.2, 0) is 0 Å². The van der Waals surface area contributed by atoms with E-state index in [0.29, 0.717) is 22.2 Å². The maximum Gasteiger partial charge on any atom is 0.203 e. The molecule has 0 aromatic heterocycles. The predicted molar refractivity (Wildman–Crippen MR) is 90.7 cm³/mol. The number of hydrogen-bond acceptors (Lipinski definition) is 5. The highest BCUT2D eigenvalue weighted by Crippen LogP contribution is 2.43. The molecule has 3 rings (SSSR count). The Balaban J connectivity index is 2.02. The fraction of sp³-hybridized carbons (Fsp3) is 0.167. The second-order valence-corrected chi connectivity index (χ2v) is 5.98. The van der Waals surface area contributed by atoms with Crippen molar-refractivity contribution < 1.29 is 19.0 Å². The number of rotatable bonds is 4. The number of methoxy groups -OCH3 is 3. The standard InChI is InChI=1S/C18H16O4S/c1-20-13-8-11(9-14(21-2)18(13)22-3)10-16-17(19)12-6-4-5-7-15(12)23-16/h4-10H,1-3H3. The minimum atomic E-state index is 0.0411. The van der Waals surface area contributed by atoms with Crippen molar-refractivity contribution in [1.29, 1.82) is 0 Å². The third-order valence-electron chi connectivity index (χ3n) is 3.56. The van der Waals surface area contributed by atoms with Crippen molar-refractivity contribution in [3.05, 3.63) is 52.4 Å². The highest BCUT2D eigenvalue weighted by atomic mass is 32.2. The van der Waals surface area contributed by atoms with Gasteiger partial charge in [0.15, 0.2) is 11.5 Å². The highest BCUT2D eigenvalue weighted by Gasteiger charge is 2.25. The van der Waals surface area contributed by atoms with E-state index in [9.17, 15) is 4.79 Å². The molecule has 0 amide bonds. The monoisotopic (exact) mass is 328 g/mol. The lowest BCUT2D eigenvalue weighted by Gasteiger charge is -2.13. The summed E-state index contributed by atoms with van der Waals surface area (Å²) in [7, 11) is 4.70. The van der Waals surface area contributed by atoms with Crippen molar-refractivity contribution in [3.63, 3.8) is 0 Å². The SMILES string of the molecule is COc1cc(C=C2Sc3ccccc3C2=O)cc(OC)c1OC. The molecular formula is C18H16O4S. The van der Waals surface area contributed by atoms with Gasteiger partial charge in [-0.15, -0.1) is 0 Å². The van der Waals surface area contributed by atoms with Gasteiger partial charge < -0.3 is 14.2 Å². The van der Waals surface area contributed by atoms with Crippen molar-refractivity contribution in [2.24, 2.45) is 0 Å². The first-order chi connectivity index (χ1) is 11.2. The smallest absolute Gasteiger partial charge is 0.203 e. The molecule has 0 atom stereocenters. The van der Waals surface area contributed by atoms with E-state index in [4.69, 9.17) is 14.2 Å². The third-order valence-corrected chi connectivity index (χ3v) is 4.66. The lowest BCUT2D eigenvalue weighted by atomic mass is 10.1. The van der Waals surface area contributed by atoms with Crippen LogP contribution in [0, 0.1) is 0 Å². The van der Waals surface area contributed by atoms with Crippen molar-refractivity contribution in [3.8, 4) is 17.2 Å². The second kappa shape index (κ2) is 6.38. The van der Waals surface area contributed by atoms with Crippen LogP contribution in [0.4, 0.5) is 0 Å². The first kappa shape index (κ1) is 15.5. The summed E-state index contributed by atoms with van der Waals surface area (Å²) in [6.45, 7) is 0. The summed E-state index contributed by atoms with van der Waals surface area (Å²) in [6.07, 6.45) is 1.84. The zero-order chi connectivity index (χ0) is 16.4. The predicted octanol–water partition coefficient (Wildman–Crippen LogP) is 4.04. The first-order valence-electron chi connectivity index (χ1n) is 7.01. The Kier molecular flexibility index (Phi) is 4.30. The van der Waals surface area contributed by atoms with Crippen LogP contribution in [0.15, 0.2) is 46.2 Å². The van der Waals surface area contributed by atoms with Crippen molar-refractivity contribution in [2.75, 3.05) is 21.3 Å². The van der Waals surface area contributed by atoms with Gasteiger partial charge in [0.05, 0.1) is 26.2 Å². The van der Waals surface area contributed by atoms with Gasteiger partial charge in [-0.1, -0.05) is 23.9 Å². The maximum absolute atomic E-state index is 12.5. The summed E-state index contributed by atoms with van der Waals surface area (Å²) < 4.78 is 16.0. The number of benzene rings is 2. The molecule has 0 unspecified atom stereocenters. The number of thioether (sulfide) groups is 1. The topological polar surface area (TPSA) is 44.8 Å². The molecule has 2 aromatic carbocycles. The Labute approximate surface area is 139 Å². The molecular weight excluding hydrogens is 312 g/mol. The van der Waals surface area contributed by atoms with Crippen LogP contribution < -0.4 is 14.2 Å². The molecule has 0 saturated heterocycles. The number of hydrogen-bond donors (Lipinski definition) is 0. The molecule has 0 spiro atoms.